The average molecular weight is 261 g/mol. The Balaban J connectivity index is 2.74. The van der Waals surface area contributed by atoms with Crippen molar-refractivity contribution < 1.29 is 18.0 Å². The third kappa shape index (κ3) is 1.91. The number of hydrogen-bond donors (Lipinski definition) is 1. The lowest BCUT2D eigenvalue weighted by atomic mass is 10.1. The molecule has 0 spiro atoms. The highest BCUT2D eigenvalue weighted by atomic mass is 35.5. The van der Waals surface area contributed by atoms with Crippen LogP contribution >= 0.6 is 11.6 Å². The van der Waals surface area contributed by atoms with Gasteiger partial charge < -0.3 is 15.0 Å². The molecule has 2 N–H and O–H groups in total. The van der Waals surface area contributed by atoms with Crippen LogP contribution in [0.4, 0.5) is 14.6 Å². The van der Waals surface area contributed by atoms with Crippen molar-refractivity contribution in [1.82, 2.24) is 5.16 Å². The van der Waals surface area contributed by atoms with Gasteiger partial charge in [0.25, 0.3) is 0 Å². The van der Waals surface area contributed by atoms with Crippen molar-refractivity contribution in [3.05, 3.63) is 28.8 Å². The van der Waals surface area contributed by atoms with E-state index in [0.717, 1.165) is 6.07 Å². The molecule has 1 aromatic carbocycles. The van der Waals surface area contributed by atoms with Crippen LogP contribution in [0.5, 0.6) is 5.75 Å². The Morgan fingerprint density at radius 3 is 2.65 bits per heavy atom. The van der Waals surface area contributed by atoms with E-state index in [1.165, 1.54) is 13.2 Å². The number of anilines is 1. The third-order valence-electron chi connectivity index (χ3n) is 2.11. The van der Waals surface area contributed by atoms with Gasteiger partial charge in [-0.15, -0.1) is 0 Å². The van der Waals surface area contributed by atoms with Crippen LogP contribution in [-0.4, -0.2) is 12.3 Å². The normalized spacial score (nSPS) is 10.6. The quantitative estimate of drug-likeness (QED) is 0.844. The van der Waals surface area contributed by atoms with Gasteiger partial charge in [-0.25, -0.2) is 8.78 Å². The Bertz CT molecular complexity index is 572. The summed E-state index contributed by atoms with van der Waals surface area (Å²) >= 11 is 5.74. The summed E-state index contributed by atoms with van der Waals surface area (Å²) in [7, 11) is 1.28. The highest BCUT2D eigenvalue weighted by Gasteiger charge is 2.23. The molecule has 0 saturated heterocycles. The van der Waals surface area contributed by atoms with Crippen LogP contribution in [0.1, 0.15) is 0 Å². The average Bonchev–Trinajstić information content (AvgIpc) is 2.69. The van der Waals surface area contributed by atoms with Crippen molar-refractivity contribution in [2.75, 3.05) is 12.8 Å². The molecule has 7 heteroatoms. The highest BCUT2D eigenvalue weighted by Crippen LogP contribution is 2.39. The van der Waals surface area contributed by atoms with Crippen LogP contribution < -0.4 is 10.5 Å². The van der Waals surface area contributed by atoms with Gasteiger partial charge >= 0.3 is 0 Å². The van der Waals surface area contributed by atoms with Crippen molar-refractivity contribution in [2.24, 2.45) is 0 Å². The molecule has 0 fully saturated rings. The molecule has 2 aromatic rings. The first-order valence-electron chi connectivity index (χ1n) is 4.48. The van der Waals surface area contributed by atoms with Crippen molar-refractivity contribution in [3.8, 4) is 17.1 Å². The van der Waals surface area contributed by atoms with Crippen LogP contribution in [0.3, 0.4) is 0 Å². The summed E-state index contributed by atoms with van der Waals surface area (Å²) in [5, 5.41) is 3.31. The number of nitrogens with zero attached hydrogens (tertiary/aromatic N) is 1. The van der Waals surface area contributed by atoms with E-state index in [4.69, 9.17) is 26.6 Å². The maximum absolute atomic E-state index is 13.7. The summed E-state index contributed by atoms with van der Waals surface area (Å²) in [6, 6.07) is 2.07. The number of aromatic nitrogens is 1. The van der Waals surface area contributed by atoms with Crippen molar-refractivity contribution >= 4 is 17.4 Å². The van der Waals surface area contributed by atoms with Crippen molar-refractivity contribution in [3.63, 3.8) is 0 Å². The SMILES string of the molecule is COc1c(Cl)cc(F)c(F)c1-c1cc(N)no1. The number of nitrogens with two attached hydrogens (primary N) is 1. The van der Waals surface area contributed by atoms with E-state index in [9.17, 15) is 8.78 Å². The molecule has 0 saturated carbocycles. The molecule has 0 amide bonds. The number of halogens is 3. The van der Waals surface area contributed by atoms with Gasteiger partial charge in [0, 0.05) is 6.07 Å². The van der Waals surface area contributed by atoms with E-state index in [1.807, 2.05) is 0 Å². The van der Waals surface area contributed by atoms with Gasteiger partial charge in [-0.2, -0.15) is 0 Å². The second-order valence-corrected chi connectivity index (χ2v) is 3.59. The van der Waals surface area contributed by atoms with Gasteiger partial charge in [-0.3, -0.25) is 0 Å². The largest absolute Gasteiger partial charge is 0.494 e. The number of methoxy groups -OCH3 is 1. The lowest BCUT2D eigenvalue weighted by Gasteiger charge is -2.09. The number of benzene rings is 1. The molecular weight excluding hydrogens is 254 g/mol. The Labute approximate surface area is 99.9 Å². The fraction of sp³-hybridized carbons (Fsp3) is 0.100. The molecule has 2 rings (SSSR count). The molecule has 0 aliphatic carbocycles. The van der Waals surface area contributed by atoms with Crippen molar-refractivity contribution in [2.45, 2.75) is 0 Å². The predicted molar refractivity (Wildman–Crippen MR) is 57.8 cm³/mol. The van der Waals surface area contributed by atoms with E-state index in [0.29, 0.717) is 0 Å². The van der Waals surface area contributed by atoms with E-state index in [-0.39, 0.29) is 27.9 Å². The van der Waals surface area contributed by atoms with E-state index >= 15 is 0 Å². The van der Waals surface area contributed by atoms with Crippen LogP contribution in [0.25, 0.3) is 11.3 Å². The summed E-state index contributed by atoms with van der Waals surface area (Å²) in [4.78, 5) is 0. The Kier molecular flexibility index (Phi) is 2.89. The molecule has 1 heterocycles. The zero-order valence-corrected chi connectivity index (χ0v) is 9.39. The van der Waals surface area contributed by atoms with E-state index in [2.05, 4.69) is 5.16 Å². The summed E-state index contributed by atoms with van der Waals surface area (Å²) in [6.07, 6.45) is 0. The first-order chi connectivity index (χ1) is 8.04. The minimum atomic E-state index is -1.14. The van der Waals surface area contributed by atoms with Crippen molar-refractivity contribution in [1.29, 1.82) is 0 Å². The van der Waals surface area contributed by atoms with E-state index in [1.54, 1.807) is 0 Å². The molecule has 0 aliphatic heterocycles. The number of hydrogen-bond acceptors (Lipinski definition) is 4. The molecule has 1 aromatic heterocycles. The fourth-order valence-electron chi connectivity index (χ4n) is 1.41. The molecule has 17 heavy (non-hydrogen) atoms. The van der Waals surface area contributed by atoms with E-state index < -0.39 is 11.6 Å². The standard InChI is InChI=1S/C10H7ClF2N2O2/c1-16-10-4(11)2-5(12)9(13)8(10)6-3-7(14)15-17-6/h2-3H,1H3,(H2,14,15). The van der Waals surface area contributed by atoms with Gasteiger partial charge in [-0.05, 0) is 6.07 Å². The summed E-state index contributed by atoms with van der Waals surface area (Å²) < 4.78 is 36.6. The third-order valence-corrected chi connectivity index (χ3v) is 2.39. The van der Waals surface area contributed by atoms with Gasteiger partial charge in [0.1, 0.15) is 5.56 Å². The molecular formula is C10H7ClF2N2O2. The Morgan fingerprint density at radius 1 is 1.41 bits per heavy atom. The monoisotopic (exact) mass is 260 g/mol. The number of ether oxygens (including phenoxy) is 1. The number of nitrogen functional groups attached to an aromatic ring is 1. The van der Waals surface area contributed by atoms with Crippen LogP contribution in [0.15, 0.2) is 16.7 Å². The first-order valence-corrected chi connectivity index (χ1v) is 4.86. The topological polar surface area (TPSA) is 61.3 Å². The molecule has 0 bridgehead atoms. The lowest BCUT2D eigenvalue weighted by molar-refractivity contribution is 0.397. The fourth-order valence-corrected chi connectivity index (χ4v) is 1.67. The van der Waals surface area contributed by atoms with Crippen LogP contribution in [0, 0.1) is 11.6 Å². The lowest BCUT2D eigenvalue weighted by Crippen LogP contribution is -1.95. The smallest absolute Gasteiger partial charge is 0.175 e. The molecule has 0 radical (unpaired) electrons. The summed E-state index contributed by atoms with van der Waals surface area (Å²) in [5.74, 6) is -2.30. The maximum atomic E-state index is 13.7. The highest BCUT2D eigenvalue weighted by molar-refractivity contribution is 6.32. The second kappa shape index (κ2) is 4.21. The first kappa shape index (κ1) is 11.7. The molecule has 90 valence electrons. The predicted octanol–water partition coefficient (Wildman–Crippen LogP) is 2.86. The number of rotatable bonds is 2. The summed E-state index contributed by atoms with van der Waals surface area (Å²) in [5.41, 5.74) is 5.09. The summed E-state index contributed by atoms with van der Waals surface area (Å²) in [6.45, 7) is 0. The molecule has 0 atom stereocenters. The second-order valence-electron chi connectivity index (χ2n) is 3.18. The van der Waals surface area contributed by atoms with Gasteiger partial charge in [0.05, 0.1) is 12.1 Å². The van der Waals surface area contributed by atoms with Gasteiger partial charge in [0.2, 0.25) is 0 Å². The Hall–Kier alpha value is -1.82. The van der Waals surface area contributed by atoms with Crippen LogP contribution in [0.2, 0.25) is 5.02 Å². The molecule has 0 aliphatic rings. The maximum Gasteiger partial charge on any atom is 0.175 e. The van der Waals surface area contributed by atoms with Crippen LogP contribution in [-0.2, 0) is 0 Å². The Morgan fingerprint density at radius 2 is 2.12 bits per heavy atom. The minimum Gasteiger partial charge on any atom is -0.494 e. The molecule has 0 unspecified atom stereocenters. The van der Waals surface area contributed by atoms with Gasteiger partial charge in [-0.1, -0.05) is 16.8 Å². The zero-order valence-electron chi connectivity index (χ0n) is 8.63. The minimum absolute atomic E-state index is 0.0401. The molecule has 4 nitrogen and oxygen atoms in total. The van der Waals surface area contributed by atoms with Gasteiger partial charge in [0.15, 0.2) is 29.0 Å². The zero-order chi connectivity index (χ0) is 12.6.